The molecule has 0 aliphatic carbocycles. The van der Waals surface area contributed by atoms with Crippen LogP contribution in [0.25, 0.3) is 5.69 Å². The van der Waals surface area contributed by atoms with Gasteiger partial charge in [0.1, 0.15) is 4.90 Å². The van der Waals surface area contributed by atoms with E-state index in [1.165, 1.54) is 30.0 Å². The number of hydrogen-bond acceptors (Lipinski definition) is 5. The van der Waals surface area contributed by atoms with Gasteiger partial charge in [0.25, 0.3) is 0 Å². The van der Waals surface area contributed by atoms with Crippen molar-refractivity contribution < 1.29 is 8.42 Å². The molecule has 0 aliphatic rings. The molecule has 0 unspecified atom stereocenters. The van der Waals surface area contributed by atoms with Gasteiger partial charge in [-0.05, 0) is 48.9 Å². The van der Waals surface area contributed by atoms with E-state index in [1.54, 1.807) is 22.8 Å². The monoisotopic (exact) mass is 586 g/mol. The Bertz CT molecular complexity index is 1490. The Labute approximate surface area is 227 Å². The third kappa shape index (κ3) is 6.32. The topological polar surface area (TPSA) is 76.9 Å². The van der Waals surface area contributed by atoms with Gasteiger partial charge < -0.3 is 0 Å². The van der Waals surface area contributed by atoms with Crippen LogP contribution in [0.2, 0.25) is 20.1 Å². The van der Waals surface area contributed by atoms with Crippen LogP contribution >= 0.6 is 58.2 Å². The fourth-order valence-corrected chi connectivity index (χ4v) is 6.42. The molecular weight excluding hydrogens is 570 g/mol. The first-order chi connectivity index (χ1) is 16.6. The van der Waals surface area contributed by atoms with Gasteiger partial charge in [-0.1, -0.05) is 88.0 Å². The predicted molar refractivity (Wildman–Crippen MR) is 143 cm³/mol. The van der Waals surface area contributed by atoms with Crippen molar-refractivity contribution in [2.75, 3.05) is 0 Å². The van der Waals surface area contributed by atoms with Gasteiger partial charge in [-0.15, -0.1) is 10.2 Å². The molecular formula is C23H18Cl4N4O2S2. The molecule has 0 aliphatic heterocycles. The van der Waals surface area contributed by atoms with Crippen LogP contribution < -0.4 is 4.72 Å². The van der Waals surface area contributed by atoms with Gasteiger partial charge >= 0.3 is 0 Å². The van der Waals surface area contributed by atoms with Crippen molar-refractivity contribution in [2.24, 2.45) is 0 Å². The summed E-state index contributed by atoms with van der Waals surface area (Å²) in [4.78, 5) is -0.128. The number of aryl methyl sites for hydroxylation is 1. The lowest BCUT2D eigenvalue weighted by molar-refractivity contribution is 0.578. The molecule has 4 aromatic rings. The molecule has 1 heterocycles. The van der Waals surface area contributed by atoms with E-state index in [-0.39, 0.29) is 21.5 Å². The second-order valence-corrected chi connectivity index (χ2v) is 11.9. The first kappa shape index (κ1) is 26.3. The lowest BCUT2D eigenvalue weighted by Gasteiger charge is -2.13. The van der Waals surface area contributed by atoms with Crippen LogP contribution in [0.5, 0.6) is 0 Å². The summed E-state index contributed by atoms with van der Waals surface area (Å²) < 4.78 is 30.1. The van der Waals surface area contributed by atoms with Crippen molar-refractivity contribution in [1.29, 1.82) is 0 Å². The van der Waals surface area contributed by atoms with Gasteiger partial charge in [-0.3, -0.25) is 4.57 Å². The van der Waals surface area contributed by atoms with Gasteiger partial charge in [0.15, 0.2) is 11.0 Å². The minimum Gasteiger partial charge on any atom is -0.271 e. The molecule has 3 aromatic carbocycles. The number of sulfonamides is 1. The standard InChI is InChI=1S/C23H18Cl4N4O2S2/c1-14-3-2-4-15(9-14)13-34-23-30-29-22(31(23)20-8-6-16(24)10-19(20)27)12-28-35(32,33)21-11-17(25)5-7-18(21)26/h2-11,28H,12-13H2,1H3. The Kier molecular flexibility index (Phi) is 8.33. The third-order valence-electron chi connectivity index (χ3n) is 4.90. The van der Waals surface area contributed by atoms with E-state index in [2.05, 4.69) is 21.0 Å². The zero-order chi connectivity index (χ0) is 25.2. The normalized spacial score (nSPS) is 11.7. The van der Waals surface area contributed by atoms with Gasteiger partial charge in [0.05, 0.1) is 22.3 Å². The molecule has 6 nitrogen and oxygen atoms in total. The smallest absolute Gasteiger partial charge is 0.242 e. The second kappa shape index (κ2) is 11.1. The Morgan fingerprint density at radius 3 is 2.40 bits per heavy atom. The summed E-state index contributed by atoms with van der Waals surface area (Å²) >= 11 is 26.1. The molecule has 0 saturated carbocycles. The van der Waals surface area contributed by atoms with Crippen LogP contribution in [0.4, 0.5) is 0 Å². The maximum Gasteiger partial charge on any atom is 0.242 e. The highest BCUT2D eigenvalue weighted by Gasteiger charge is 2.22. The van der Waals surface area contributed by atoms with Crippen LogP contribution in [0.3, 0.4) is 0 Å². The number of rotatable bonds is 8. The summed E-state index contributed by atoms with van der Waals surface area (Å²) in [5.41, 5.74) is 2.84. The predicted octanol–water partition coefficient (Wildman–Crippen LogP) is 6.96. The van der Waals surface area contributed by atoms with Crippen molar-refractivity contribution in [3.05, 3.63) is 97.7 Å². The number of aromatic nitrogens is 3. The Morgan fingerprint density at radius 1 is 0.914 bits per heavy atom. The van der Waals surface area contributed by atoms with E-state index in [1.807, 2.05) is 25.1 Å². The summed E-state index contributed by atoms with van der Waals surface area (Å²) in [5.74, 6) is 0.970. The summed E-state index contributed by atoms with van der Waals surface area (Å²) in [7, 11) is -3.99. The maximum atomic E-state index is 12.9. The van der Waals surface area contributed by atoms with Crippen LogP contribution in [-0.4, -0.2) is 23.2 Å². The Morgan fingerprint density at radius 2 is 1.66 bits per heavy atom. The average molecular weight is 588 g/mol. The van der Waals surface area contributed by atoms with Crippen LogP contribution in [0.15, 0.2) is 70.7 Å². The maximum absolute atomic E-state index is 12.9. The zero-order valence-corrected chi connectivity index (χ0v) is 22.8. The zero-order valence-electron chi connectivity index (χ0n) is 18.2. The van der Waals surface area contributed by atoms with E-state index in [9.17, 15) is 8.42 Å². The number of nitrogens with one attached hydrogen (secondary N) is 1. The quantitative estimate of drug-likeness (QED) is 0.225. The van der Waals surface area contributed by atoms with Crippen molar-refractivity contribution in [3.8, 4) is 5.69 Å². The highest BCUT2D eigenvalue weighted by molar-refractivity contribution is 7.98. The average Bonchev–Trinajstić information content (AvgIpc) is 3.20. The molecule has 0 atom stereocenters. The summed E-state index contributed by atoms with van der Waals surface area (Å²) in [6.45, 7) is 1.86. The Hall–Kier alpha value is -1.78. The number of hydrogen-bond donors (Lipinski definition) is 1. The van der Waals surface area contributed by atoms with Crippen LogP contribution in [-0.2, 0) is 22.3 Å². The van der Waals surface area contributed by atoms with Crippen LogP contribution in [0, 0.1) is 6.92 Å². The molecule has 12 heteroatoms. The molecule has 0 fully saturated rings. The molecule has 0 spiro atoms. The summed E-state index contributed by atoms with van der Waals surface area (Å²) in [6.07, 6.45) is 0. The highest BCUT2D eigenvalue weighted by Crippen LogP contribution is 2.31. The van der Waals surface area contributed by atoms with Gasteiger partial charge in [0.2, 0.25) is 10.0 Å². The van der Waals surface area contributed by atoms with Gasteiger partial charge in [-0.25, -0.2) is 13.1 Å². The molecule has 0 saturated heterocycles. The van der Waals surface area contributed by atoms with E-state index < -0.39 is 10.0 Å². The number of benzene rings is 3. The fourth-order valence-electron chi connectivity index (χ4n) is 3.28. The minimum absolute atomic E-state index is 0.0542. The van der Waals surface area contributed by atoms with Crippen molar-refractivity contribution in [3.63, 3.8) is 0 Å². The summed E-state index contributed by atoms with van der Waals surface area (Å²) in [5, 5.41) is 10.2. The fraction of sp³-hybridized carbons (Fsp3) is 0.130. The highest BCUT2D eigenvalue weighted by atomic mass is 35.5. The van der Waals surface area contributed by atoms with E-state index in [0.29, 0.717) is 32.5 Å². The third-order valence-corrected chi connectivity index (χ3v) is 8.56. The van der Waals surface area contributed by atoms with Crippen molar-refractivity contribution in [1.82, 2.24) is 19.5 Å². The number of thioether (sulfide) groups is 1. The number of halogens is 4. The number of nitrogens with zero attached hydrogens (tertiary/aromatic N) is 3. The van der Waals surface area contributed by atoms with Crippen molar-refractivity contribution >= 4 is 68.2 Å². The molecule has 4 rings (SSSR count). The summed E-state index contributed by atoms with van der Waals surface area (Å²) in [6, 6.07) is 17.4. The molecule has 1 aromatic heterocycles. The first-order valence-corrected chi connectivity index (χ1v) is 14.1. The van der Waals surface area contributed by atoms with E-state index in [4.69, 9.17) is 46.4 Å². The molecule has 35 heavy (non-hydrogen) atoms. The lowest BCUT2D eigenvalue weighted by Crippen LogP contribution is -2.25. The molecule has 0 radical (unpaired) electrons. The molecule has 182 valence electrons. The van der Waals surface area contributed by atoms with E-state index in [0.717, 1.165) is 11.1 Å². The molecule has 0 bridgehead atoms. The second-order valence-electron chi connectivity index (χ2n) is 7.51. The molecule has 0 amide bonds. The van der Waals surface area contributed by atoms with E-state index >= 15 is 0 Å². The lowest BCUT2D eigenvalue weighted by atomic mass is 10.2. The van der Waals surface area contributed by atoms with Crippen LogP contribution in [0.1, 0.15) is 17.0 Å². The van der Waals surface area contributed by atoms with Gasteiger partial charge in [-0.2, -0.15) is 0 Å². The Balaban J connectivity index is 1.66. The molecule has 1 N–H and O–H groups in total. The van der Waals surface area contributed by atoms with Gasteiger partial charge in [0, 0.05) is 15.8 Å². The minimum atomic E-state index is -3.99. The van der Waals surface area contributed by atoms with Crippen molar-refractivity contribution in [2.45, 2.75) is 29.3 Å². The first-order valence-electron chi connectivity index (χ1n) is 10.2. The SMILES string of the molecule is Cc1cccc(CSc2nnc(CNS(=O)(=O)c3cc(Cl)ccc3Cl)n2-c2ccc(Cl)cc2Cl)c1. The largest absolute Gasteiger partial charge is 0.271 e.